The molecule has 1 atom stereocenters. The molecule has 0 saturated carbocycles. The third-order valence-electron chi connectivity index (χ3n) is 5.37. The molecule has 0 aliphatic rings. The van der Waals surface area contributed by atoms with E-state index in [1.807, 2.05) is 0 Å². The van der Waals surface area contributed by atoms with Crippen molar-refractivity contribution in [3.05, 3.63) is 35.9 Å². The lowest BCUT2D eigenvalue weighted by Gasteiger charge is -2.18. The van der Waals surface area contributed by atoms with E-state index in [-0.39, 0.29) is 0 Å². The highest BCUT2D eigenvalue weighted by atomic mass is 16.5. The van der Waals surface area contributed by atoms with Gasteiger partial charge in [0.2, 0.25) is 0 Å². The largest absolute Gasteiger partial charge is 0.481 e. The van der Waals surface area contributed by atoms with E-state index in [0.29, 0.717) is 12.5 Å². The smallest absolute Gasteiger partial charge is 0.303 e. The van der Waals surface area contributed by atoms with Crippen LogP contribution in [0.4, 0.5) is 0 Å². The quantitative estimate of drug-likeness (QED) is 0.248. The van der Waals surface area contributed by atoms with Gasteiger partial charge in [-0.25, -0.2) is 0 Å². The van der Waals surface area contributed by atoms with Crippen LogP contribution in [0, 0.1) is 0 Å². The van der Waals surface area contributed by atoms with Gasteiger partial charge in [0.05, 0.1) is 12.7 Å². The molecular weight excluding hydrogens is 348 g/mol. The summed E-state index contributed by atoms with van der Waals surface area (Å²) in [6.07, 6.45) is 17.7. The lowest BCUT2D eigenvalue weighted by atomic mass is 10.0. The Bertz CT molecular complexity index is 472. The van der Waals surface area contributed by atoms with Crippen LogP contribution in [0.2, 0.25) is 0 Å². The first-order valence-corrected chi connectivity index (χ1v) is 11.6. The van der Waals surface area contributed by atoms with Crippen molar-refractivity contribution in [3.63, 3.8) is 0 Å². The lowest BCUT2D eigenvalue weighted by molar-refractivity contribution is -0.137. The molecule has 1 rings (SSSR count). The molecule has 0 heterocycles. The number of carbonyl (C=O) groups is 1. The van der Waals surface area contributed by atoms with Crippen LogP contribution in [-0.4, -0.2) is 17.2 Å². The molecule has 1 aromatic carbocycles. The first kappa shape index (κ1) is 24.7. The highest BCUT2D eigenvalue weighted by Gasteiger charge is 2.09. The number of carboxylic acids is 1. The van der Waals surface area contributed by atoms with Crippen LogP contribution in [0.15, 0.2) is 30.3 Å². The number of hydrogen-bond acceptors (Lipinski definition) is 2. The maximum absolute atomic E-state index is 10.5. The molecule has 1 N–H and O–H groups in total. The minimum atomic E-state index is -0.668. The number of carboxylic acid groups (broad SMARTS) is 1. The van der Waals surface area contributed by atoms with Crippen molar-refractivity contribution in [2.75, 3.05) is 0 Å². The Hall–Kier alpha value is -1.35. The zero-order valence-corrected chi connectivity index (χ0v) is 18.0. The Morgan fingerprint density at radius 3 is 1.93 bits per heavy atom. The summed E-state index contributed by atoms with van der Waals surface area (Å²) in [6, 6.07) is 10.5. The molecule has 0 radical (unpaired) electrons. The molecule has 0 amide bonds. The molecule has 0 bridgehead atoms. The molecule has 160 valence electrons. The fraction of sp³-hybridized carbons (Fsp3) is 0.720. The van der Waals surface area contributed by atoms with Gasteiger partial charge in [0.15, 0.2) is 0 Å². The predicted molar refractivity (Wildman–Crippen MR) is 118 cm³/mol. The van der Waals surface area contributed by atoms with Gasteiger partial charge in [-0.2, -0.15) is 0 Å². The van der Waals surface area contributed by atoms with Crippen molar-refractivity contribution < 1.29 is 14.6 Å². The minimum absolute atomic E-state index is 0.322. The van der Waals surface area contributed by atoms with Crippen molar-refractivity contribution in [3.8, 4) is 0 Å². The molecule has 28 heavy (non-hydrogen) atoms. The minimum Gasteiger partial charge on any atom is -0.481 e. The van der Waals surface area contributed by atoms with E-state index in [9.17, 15) is 4.79 Å². The number of unbranched alkanes of at least 4 members (excludes halogenated alkanes) is 10. The topological polar surface area (TPSA) is 46.5 Å². The first-order valence-electron chi connectivity index (χ1n) is 11.6. The summed E-state index contributed by atoms with van der Waals surface area (Å²) >= 11 is 0. The standard InChI is InChI=1S/C25H42O3/c1-2-3-4-14-19-24(28-22-23-17-12-11-13-18-23)20-15-9-7-5-6-8-10-16-21-25(26)27/h11-13,17-18,24H,2-10,14-16,19-22H2,1H3,(H,26,27). The second kappa shape index (κ2) is 17.7. The maximum atomic E-state index is 10.5. The molecular formula is C25H42O3. The molecule has 3 heteroatoms. The fourth-order valence-electron chi connectivity index (χ4n) is 3.61. The molecule has 0 fully saturated rings. The van der Waals surface area contributed by atoms with Crippen molar-refractivity contribution in [2.45, 2.75) is 116 Å². The SMILES string of the molecule is CCCCCCC(CCCCCCCCCCC(=O)O)OCc1ccccc1. The molecule has 3 nitrogen and oxygen atoms in total. The van der Waals surface area contributed by atoms with E-state index in [1.165, 1.54) is 82.6 Å². The second-order valence-corrected chi connectivity index (χ2v) is 8.03. The van der Waals surface area contributed by atoms with Gasteiger partial charge in [0.25, 0.3) is 0 Å². The summed E-state index contributed by atoms with van der Waals surface area (Å²) in [4.78, 5) is 10.5. The van der Waals surface area contributed by atoms with E-state index in [1.54, 1.807) is 0 Å². The molecule has 0 saturated heterocycles. The number of ether oxygens (including phenoxy) is 1. The first-order chi connectivity index (χ1) is 13.7. The van der Waals surface area contributed by atoms with Gasteiger partial charge >= 0.3 is 5.97 Å². The van der Waals surface area contributed by atoms with Gasteiger partial charge in [-0.1, -0.05) is 108 Å². The van der Waals surface area contributed by atoms with Crippen molar-refractivity contribution >= 4 is 5.97 Å². The van der Waals surface area contributed by atoms with Crippen LogP contribution >= 0.6 is 0 Å². The third kappa shape index (κ3) is 14.7. The van der Waals surface area contributed by atoms with Gasteiger partial charge in [-0.15, -0.1) is 0 Å². The van der Waals surface area contributed by atoms with E-state index < -0.39 is 5.97 Å². The Labute approximate surface area is 172 Å². The molecule has 0 aliphatic carbocycles. The van der Waals surface area contributed by atoms with Gasteiger partial charge in [0.1, 0.15) is 0 Å². The average molecular weight is 391 g/mol. The fourth-order valence-corrected chi connectivity index (χ4v) is 3.61. The Balaban J connectivity index is 2.11. The second-order valence-electron chi connectivity index (χ2n) is 8.03. The van der Waals surface area contributed by atoms with Crippen molar-refractivity contribution in [2.24, 2.45) is 0 Å². The number of hydrogen-bond donors (Lipinski definition) is 1. The summed E-state index contributed by atoms with van der Waals surface area (Å²) in [7, 11) is 0. The maximum Gasteiger partial charge on any atom is 0.303 e. The molecule has 0 aliphatic heterocycles. The highest BCUT2D eigenvalue weighted by molar-refractivity contribution is 5.66. The van der Waals surface area contributed by atoms with Crippen LogP contribution in [0.5, 0.6) is 0 Å². The van der Waals surface area contributed by atoms with Gasteiger partial charge in [-0.05, 0) is 24.8 Å². The number of benzene rings is 1. The highest BCUT2D eigenvalue weighted by Crippen LogP contribution is 2.18. The van der Waals surface area contributed by atoms with Crippen LogP contribution < -0.4 is 0 Å². The zero-order valence-electron chi connectivity index (χ0n) is 18.0. The molecule has 0 aromatic heterocycles. The average Bonchev–Trinajstić information content (AvgIpc) is 2.70. The summed E-state index contributed by atoms with van der Waals surface area (Å²) in [5, 5.41) is 8.63. The van der Waals surface area contributed by atoms with Gasteiger partial charge in [-0.3, -0.25) is 4.79 Å². The molecule has 0 spiro atoms. The molecule has 1 aromatic rings. The van der Waals surface area contributed by atoms with Gasteiger partial charge in [0, 0.05) is 6.42 Å². The van der Waals surface area contributed by atoms with Gasteiger partial charge < -0.3 is 9.84 Å². The Morgan fingerprint density at radius 2 is 1.36 bits per heavy atom. The van der Waals surface area contributed by atoms with Crippen molar-refractivity contribution in [1.29, 1.82) is 0 Å². The van der Waals surface area contributed by atoms with E-state index in [2.05, 4.69) is 37.3 Å². The Kier molecular flexibility index (Phi) is 15.6. The number of rotatable bonds is 19. The normalized spacial score (nSPS) is 12.2. The summed E-state index contributed by atoms with van der Waals surface area (Å²) < 4.78 is 6.25. The predicted octanol–water partition coefficient (Wildman–Crippen LogP) is 7.53. The van der Waals surface area contributed by atoms with Crippen LogP contribution in [0.25, 0.3) is 0 Å². The van der Waals surface area contributed by atoms with E-state index >= 15 is 0 Å². The lowest BCUT2D eigenvalue weighted by Crippen LogP contribution is -2.13. The third-order valence-corrected chi connectivity index (χ3v) is 5.37. The number of aliphatic carboxylic acids is 1. The molecule has 1 unspecified atom stereocenters. The monoisotopic (exact) mass is 390 g/mol. The summed E-state index contributed by atoms with van der Waals surface area (Å²) in [6.45, 7) is 2.99. The van der Waals surface area contributed by atoms with Crippen LogP contribution in [-0.2, 0) is 16.1 Å². The van der Waals surface area contributed by atoms with Crippen LogP contribution in [0.1, 0.15) is 109 Å². The zero-order chi connectivity index (χ0) is 20.3. The summed E-state index contributed by atoms with van der Waals surface area (Å²) in [5.41, 5.74) is 1.27. The Morgan fingerprint density at radius 1 is 0.821 bits per heavy atom. The van der Waals surface area contributed by atoms with Crippen LogP contribution in [0.3, 0.4) is 0 Å². The van der Waals surface area contributed by atoms with E-state index in [4.69, 9.17) is 9.84 Å². The van der Waals surface area contributed by atoms with E-state index in [0.717, 1.165) is 19.4 Å². The van der Waals surface area contributed by atoms with Crippen molar-refractivity contribution in [1.82, 2.24) is 0 Å². The summed E-state index contributed by atoms with van der Waals surface area (Å²) in [5.74, 6) is -0.668.